The van der Waals surface area contributed by atoms with Crippen LogP contribution in [0.5, 0.6) is 17.2 Å². The maximum Gasteiger partial charge on any atom is 0.289 e. The van der Waals surface area contributed by atoms with Gasteiger partial charge in [0.2, 0.25) is 0 Å². The number of carbonyl (C=O) groups is 1. The van der Waals surface area contributed by atoms with Crippen LogP contribution in [0.15, 0.2) is 53.6 Å². The summed E-state index contributed by atoms with van der Waals surface area (Å²) in [5.41, 5.74) is 4.78. The van der Waals surface area contributed by atoms with Gasteiger partial charge in [-0.2, -0.15) is 10.2 Å². The molecule has 0 spiro atoms. The zero-order chi connectivity index (χ0) is 19.9. The number of nitrogens with one attached hydrogen (secondary N) is 2. The summed E-state index contributed by atoms with van der Waals surface area (Å²) in [6.45, 7) is 0. The number of para-hydroxylation sites is 1. The number of rotatable bonds is 7. The Bertz CT molecular complexity index is 997. The number of methoxy groups -OCH3 is 3. The quantitative estimate of drug-likeness (QED) is 0.485. The Morgan fingerprint density at radius 3 is 2.57 bits per heavy atom. The number of aromatic nitrogens is 2. The zero-order valence-electron chi connectivity index (χ0n) is 15.7. The van der Waals surface area contributed by atoms with Gasteiger partial charge in [0.15, 0.2) is 0 Å². The van der Waals surface area contributed by atoms with Gasteiger partial charge in [0.25, 0.3) is 5.91 Å². The second-order valence-corrected chi connectivity index (χ2v) is 5.67. The molecule has 144 valence electrons. The highest BCUT2D eigenvalue weighted by Crippen LogP contribution is 2.28. The van der Waals surface area contributed by atoms with Crippen molar-refractivity contribution >= 4 is 12.1 Å². The van der Waals surface area contributed by atoms with Gasteiger partial charge in [-0.1, -0.05) is 12.1 Å². The van der Waals surface area contributed by atoms with Crippen LogP contribution < -0.4 is 19.6 Å². The Balaban J connectivity index is 1.73. The van der Waals surface area contributed by atoms with Crippen molar-refractivity contribution in [1.82, 2.24) is 15.6 Å². The van der Waals surface area contributed by atoms with Crippen molar-refractivity contribution in [3.8, 4) is 28.5 Å². The summed E-state index contributed by atoms with van der Waals surface area (Å²) >= 11 is 0. The molecule has 0 aliphatic carbocycles. The van der Waals surface area contributed by atoms with E-state index in [0.717, 1.165) is 5.56 Å². The van der Waals surface area contributed by atoms with Crippen LogP contribution in [0.2, 0.25) is 0 Å². The van der Waals surface area contributed by atoms with Crippen LogP contribution in [0.4, 0.5) is 0 Å². The number of amides is 1. The first-order chi connectivity index (χ1) is 13.7. The first kappa shape index (κ1) is 19.0. The highest BCUT2D eigenvalue weighted by molar-refractivity contribution is 5.94. The predicted octanol–water partition coefficient (Wildman–Crippen LogP) is 2.87. The summed E-state index contributed by atoms with van der Waals surface area (Å²) < 4.78 is 15.8. The van der Waals surface area contributed by atoms with E-state index >= 15 is 0 Å². The lowest BCUT2D eigenvalue weighted by atomic mass is 10.1. The molecular formula is C20H20N4O4. The molecule has 8 nitrogen and oxygen atoms in total. The molecule has 0 aliphatic rings. The molecule has 2 N–H and O–H groups in total. The molecule has 0 bridgehead atoms. The molecule has 3 aromatic rings. The monoisotopic (exact) mass is 380 g/mol. The molecule has 0 atom stereocenters. The van der Waals surface area contributed by atoms with Gasteiger partial charge >= 0.3 is 0 Å². The molecule has 0 aliphatic heterocycles. The molecule has 1 heterocycles. The predicted molar refractivity (Wildman–Crippen MR) is 105 cm³/mol. The lowest BCUT2D eigenvalue weighted by Gasteiger charge is -2.06. The number of hydrazone groups is 1. The maximum atomic E-state index is 12.3. The average molecular weight is 380 g/mol. The van der Waals surface area contributed by atoms with Crippen LogP contribution in [-0.2, 0) is 0 Å². The standard InChI is InChI=1S/C20H20N4O4/c1-26-14-8-9-18(27-2)13(10-14)12-21-24-20(25)17-11-16(22-23-17)15-6-4-5-7-19(15)28-3/h4-12H,1-3H3,(H,22,23)(H,24,25)/b21-12+. The summed E-state index contributed by atoms with van der Waals surface area (Å²) in [6, 6.07) is 14.4. The first-order valence-electron chi connectivity index (χ1n) is 8.40. The minimum absolute atomic E-state index is 0.274. The van der Waals surface area contributed by atoms with Crippen LogP contribution >= 0.6 is 0 Å². The van der Waals surface area contributed by atoms with Crippen LogP contribution in [0.1, 0.15) is 16.1 Å². The molecule has 0 saturated carbocycles. The van der Waals surface area contributed by atoms with Crippen LogP contribution in [0.25, 0.3) is 11.3 Å². The molecule has 1 amide bonds. The van der Waals surface area contributed by atoms with Crippen LogP contribution in [0.3, 0.4) is 0 Å². The maximum absolute atomic E-state index is 12.3. The highest BCUT2D eigenvalue weighted by Gasteiger charge is 2.13. The van der Waals surface area contributed by atoms with Gasteiger partial charge in [0, 0.05) is 11.1 Å². The molecule has 0 fully saturated rings. The zero-order valence-corrected chi connectivity index (χ0v) is 15.7. The van der Waals surface area contributed by atoms with Gasteiger partial charge in [-0.25, -0.2) is 5.43 Å². The molecule has 28 heavy (non-hydrogen) atoms. The van der Waals surface area contributed by atoms with E-state index in [2.05, 4.69) is 20.7 Å². The first-order valence-corrected chi connectivity index (χ1v) is 8.40. The van der Waals surface area contributed by atoms with Crippen molar-refractivity contribution < 1.29 is 19.0 Å². The molecule has 0 saturated heterocycles. The number of carbonyl (C=O) groups excluding carboxylic acids is 1. The van der Waals surface area contributed by atoms with Gasteiger partial charge in [-0.05, 0) is 36.4 Å². The molecule has 8 heteroatoms. The Hall–Kier alpha value is -3.81. The Labute approximate surface area is 162 Å². The van der Waals surface area contributed by atoms with E-state index in [4.69, 9.17) is 14.2 Å². The minimum atomic E-state index is -0.424. The second-order valence-electron chi connectivity index (χ2n) is 5.67. The van der Waals surface area contributed by atoms with Crippen LogP contribution in [0, 0.1) is 0 Å². The van der Waals surface area contributed by atoms with E-state index in [0.29, 0.717) is 28.5 Å². The third kappa shape index (κ3) is 4.12. The summed E-state index contributed by atoms with van der Waals surface area (Å²) in [6.07, 6.45) is 1.48. The van der Waals surface area contributed by atoms with Crippen molar-refractivity contribution in [2.75, 3.05) is 21.3 Å². The fraction of sp³-hybridized carbons (Fsp3) is 0.150. The summed E-state index contributed by atoms with van der Waals surface area (Å²) in [5.74, 6) is 1.51. The fourth-order valence-corrected chi connectivity index (χ4v) is 2.59. The van der Waals surface area contributed by atoms with Crippen molar-refractivity contribution in [3.63, 3.8) is 0 Å². The third-order valence-electron chi connectivity index (χ3n) is 4.01. The van der Waals surface area contributed by atoms with E-state index in [1.54, 1.807) is 45.6 Å². The lowest BCUT2D eigenvalue weighted by Crippen LogP contribution is -2.18. The molecule has 0 unspecified atom stereocenters. The average Bonchev–Trinajstić information content (AvgIpc) is 3.23. The largest absolute Gasteiger partial charge is 0.497 e. The van der Waals surface area contributed by atoms with E-state index < -0.39 is 5.91 Å². The number of ether oxygens (including phenoxy) is 3. The fourth-order valence-electron chi connectivity index (χ4n) is 2.59. The van der Waals surface area contributed by atoms with E-state index in [1.807, 2.05) is 24.3 Å². The molecule has 3 rings (SSSR count). The molecule has 1 aromatic heterocycles. The summed E-state index contributed by atoms with van der Waals surface area (Å²) in [4.78, 5) is 12.3. The third-order valence-corrected chi connectivity index (χ3v) is 4.01. The Kier molecular flexibility index (Phi) is 5.91. The van der Waals surface area contributed by atoms with Crippen molar-refractivity contribution in [1.29, 1.82) is 0 Å². The SMILES string of the molecule is COc1ccc(OC)c(/C=N/NC(=O)c2cc(-c3ccccc3OC)n[nH]2)c1. The van der Waals surface area contributed by atoms with Crippen molar-refractivity contribution in [3.05, 3.63) is 59.8 Å². The van der Waals surface area contributed by atoms with Gasteiger partial charge in [-0.3, -0.25) is 9.89 Å². The molecule has 2 aromatic carbocycles. The van der Waals surface area contributed by atoms with Gasteiger partial charge in [-0.15, -0.1) is 0 Å². The van der Waals surface area contributed by atoms with Gasteiger partial charge in [0.05, 0.1) is 33.2 Å². The smallest absolute Gasteiger partial charge is 0.289 e. The minimum Gasteiger partial charge on any atom is -0.497 e. The topological polar surface area (TPSA) is 97.8 Å². The second kappa shape index (κ2) is 8.72. The normalized spacial score (nSPS) is 10.7. The van der Waals surface area contributed by atoms with E-state index in [1.165, 1.54) is 6.21 Å². The van der Waals surface area contributed by atoms with Gasteiger partial charge < -0.3 is 14.2 Å². The number of aromatic amines is 1. The number of hydrogen-bond acceptors (Lipinski definition) is 6. The highest BCUT2D eigenvalue weighted by atomic mass is 16.5. The lowest BCUT2D eigenvalue weighted by molar-refractivity contribution is 0.0950. The molecule has 0 radical (unpaired) electrons. The number of nitrogens with zero attached hydrogens (tertiary/aromatic N) is 2. The number of hydrogen-bond donors (Lipinski definition) is 2. The number of H-pyrrole nitrogens is 1. The Morgan fingerprint density at radius 2 is 1.82 bits per heavy atom. The number of benzene rings is 2. The van der Waals surface area contributed by atoms with Gasteiger partial charge in [0.1, 0.15) is 22.9 Å². The summed E-state index contributed by atoms with van der Waals surface area (Å²) in [5, 5.41) is 10.9. The van der Waals surface area contributed by atoms with E-state index in [-0.39, 0.29) is 5.69 Å². The van der Waals surface area contributed by atoms with Crippen LogP contribution in [-0.4, -0.2) is 43.6 Å². The summed E-state index contributed by atoms with van der Waals surface area (Å²) in [7, 11) is 4.71. The Morgan fingerprint density at radius 1 is 1.04 bits per heavy atom. The van der Waals surface area contributed by atoms with Crippen molar-refractivity contribution in [2.24, 2.45) is 5.10 Å². The van der Waals surface area contributed by atoms with E-state index in [9.17, 15) is 4.79 Å². The molecular weight excluding hydrogens is 360 g/mol. The van der Waals surface area contributed by atoms with Crippen molar-refractivity contribution in [2.45, 2.75) is 0 Å².